The number of benzene rings is 3. The van der Waals surface area contributed by atoms with E-state index in [2.05, 4.69) is 18.5 Å². The van der Waals surface area contributed by atoms with Gasteiger partial charge in [0.2, 0.25) is 0 Å². The van der Waals surface area contributed by atoms with Crippen LogP contribution in [0, 0.1) is 5.82 Å². The molecule has 1 nitrogen and oxygen atoms in total. The predicted octanol–water partition coefficient (Wildman–Crippen LogP) is 6.83. The lowest BCUT2D eigenvalue weighted by molar-refractivity contribution is 0.632. The summed E-state index contributed by atoms with van der Waals surface area (Å²) in [6.45, 7) is 7.46. The van der Waals surface area contributed by atoms with Gasteiger partial charge in [0, 0.05) is 11.3 Å². The second-order valence-corrected chi connectivity index (χ2v) is 5.80. The molecule has 0 aromatic heterocycles. The van der Waals surface area contributed by atoms with Crippen molar-refractivity contribution in [2.24, 2.45) is 0 Å². The van der Waals surface area contributed by atoms with E-state index in [1.165, 1.54) is 0 Å². The van der Waals surface area contributed by atoms with Crippen LogP contribution < -0.4 is 5.32 Å². The summed E-state index contributed by atoms with van der Waals surface area (Å²) in [4.78, 5) is 0. The first-order valence-electron chi connectivity index (χ1n) is 8.39. The molecule has 2 heteroatoms. The third-order valence-electron chi connectivity index (χ3n) is 4.07. The fourth-order valence-electron chi connectivity index (χ4n) is 2.81. The number of nitrogens with one attached hydrogen (secondary N) is 1. The lowest BCUT2D eigenvalue weighted by atomic mass is 9.96. The van der Waals surface area contributed by atoms with Gasteiger partial charge in [-0.05, 0) is 41.0 Å². The molecule has 128 valence electrons. The summed E-state index contributed by atoms with van der Waals surface area (Å²) in [6, 6.07) is 23.1. The summed E-state index contributed by atoms with van der Waals surface area (Å²) in [5, 5.41) is 3.14. The lowest BCUT2D eigenvalue weighted by Gasteiger charge is -2.16. The van der Waals surface area contributed by atoms with Crippen LogP contribution in [0.15, 0.2) is 110 Å². The molecule has 0 bridgehead atoms. The maximum Gasteiger partial charge on any atom is 0.147 e. The van der Waals surface area contributed by atoms with E-state index in [-0.39, 0.29) is 5.82 Å². The summed E-state index contributed by atoms with van der Waals surface area (Å²) >= 11 is 0. The maximum absolute atomic E-state index is 15.1. The molecule has 3 rings (SSSR count). The third kappa shape index (κ3) is 3.81. The minimum atomic E-state index is -0.318. The highest BCUT2D eigenvalue weighted by Crippen LogP contribution is 2.36. The van der Waals surface area contributed by atoms with Gasteiger partial charge in [0.15, 0.2) is 0 Å². The van der Waals surface area contributed by atoms with Crippen LogP contribution >= 0.6 is 0 Å². The highest BCUT2D eigenvalue weighted by atomic mass is 19.1. The van der Waals surface area contributed by atoms with Gasteiger partial charge in [-0.15, -0.1) is 0 Å². The highest BCUT2D eigenvalue weighted by Gasteiger charge is 2.14. The minimum Gasteiger partial charge on any atom is -0.353 e. The van der Waals surface area contributed by atoms with Gasteiger partial charge in [-0.1, -0.05) is 79.9 Å². The summed E-state index contributed by atoms with van der Waals surface area (Å²) in [5.41, 5.74) is 4.64. The number of rotatable bonds is 6. The van der Waals surface area contributed by atoms with Crippen molar-refractivity contribution in [3.63, 3.8) is 0 Å². The standard InChI is InChI=1S/C24H20FN/c1-3-11-21(4-2)26-24-22(19-14-9-6-10-15-19)16-20(17-23(24)25)18-12-7-5-8-13-18/h3-17,26H,1-2H2/b21-11+. The Bertz CT molecular complexity index is 941. The predicted molar refractivity (Wildman–Crippen MR) is 109 cm³/mol. The Kier molecular flexibility index (Phi) is 5.45. The maximum atomic E-state index is 15.1. The largest absolute Gasteiger partial charge is 0.353 e. The summed E-state index contributed by atoms with van der Waals surface area (Å²) in [7, 11) is 0. The second-order valence-electron chi connectivity index (χ2n) is 5.80. The number of hydrogen-bond donors (Lipinski definition) is 1. The summed E-state index contributed by atoms with van der Waals surface area (Å²) in [5.74, 6) is -0.318. The quantitative estimate of drug-likeness (QED) is 0.485. The molecular formula is C24H20FN. The van der Waals surface area contributed by atoms with E-state index < -0.39 is 0 Å². The molecule has 0 saturated carbocycles. The van der Waals surface area contributed by atoms with Crippen molar-refractivity contribution >= 4 is 5.69 Å². The second kappa shape index (κ2) is 8.13. The third-order valence-corrected chi connectivity index (χ3v) is 4.07. The Morgan fingerprint density at radius 3 is 2.00 bits per heavy atom. The van der Waals surface area contributed by atoms with E-state index in [0.717, 1.165) is 22.3 Å². The zero-order valence-electron chi connectivity index (χ0n) is 14.5. The molecule has 0 unspecified atom stereocenters. The molecule has 26 heavy (non-hydrogen) atoms. The molecule has 0 amide bonds. The van der Waals surface area contributed by atoms with Gasteiger partial charge in [0.05, 0.1) is 5.69 Å². The molecule has 0 radical (unpaired) electrons. The molecular weight excluding hydrogens is 321 g/mol. The van der Waals surface area contributed by atoms with Crippen molar-refractivity contribution in [3.05, 3.63) is 116 Å². The van der Waals surface area contributed by atoms with Crippen molar-refractivity contribution in [2.75, 3.05) is 5.32 Å². The number of allylic oxidation sites excluding steroid dienone is 3. The fraction of sp³-hybridized carbons (Fsp3) is 0. The lowest BCUT2D eigenvalue weighted by Crippen LogP contribution is -2.02. The number of anilines is 1. The van der Waals surface area contributed by atoms with E-state index >= 15 is 4.39 Å². The van der Waals surface area contributed by atoms with Crippen molar-refractivity contribution in [1.29, 1.82) is 0 Å². The Balaban J connectivity index is 2.18. The SMILES string of the molecule is C=C/C=C(\C=C)Nc1c(F)cc(-c2ccccc2)cc1-c1ccccc1. The van der Waals surface area contributed by atoms with Crippen molar-refractivity contribution in [3.8, 4) is 22.3 Å². The molecule has 3 aromatic carbocycles. The monoisotopic (exact) mass is 341 g/mol. The van der Waals surface area contributed by atoms with E-state index in [1.807, 2.05) is 66.7 Å². The van der Waals surface area contributed by atoms with E-state index in [0.29, 0.717) is 11.4 Å². The van der Waals surface area contributed by atoms with Crippen LogP contribution in [-0.4, -0.2) is 0 Å². The molecule has 0 saturated heterocycles. The summed E-state index contributed by atoms with van der Waals surface area (Å²) in [6.07, 6.45) is 5.04. The molecule has 0 fully saturated rings. The Morgan fingerprint density at radius 2 is 1.42 bits per heavy atom. The average Bonchev–Trinajstić information content (AvgIpc) is 2.70. The van der Waals surface area contributed by atoms with Crippen molar-refractivity contribution < 1.29 is 4.39 Å². The van der Waals surface area contributed by atoms with Gasteiger partial charge in [-0.25, -0.2) is 4.39 Å². The van der Waals surface area contributed by atoms with Crippen LogP contribution in [0.4, 0.5) is 10.1 Å². The van der Waals surface area contributed by atoms with Crippen LogP contribution in [0.5, 0.6) is 0 Å². The smallest absolute Gasteiger partial charge is 0.147 e. The molecule has 0 atom stereocenters. The average molecular weight is 341 g/mol. The van der Waals surface area contributed by atoms with Crippen LogP contribution in [0.3, 0.4) is 0 Å². The van der Waals surface area contributed by atoms with E-state index in [1.54, 1.807) is 24.3 Å². The Morgan fingerprint density at radius 1 is 0.808 bits per heavy atom. The first-order chi connectivity index (χ1) is 12.7. The van der Waals surface area contributed by atoms with Gasteiger partial charge in [-0.3, -0.25) is 0 Å². The molecule has 0 aliphatic heterocycles. The molecule has 0 spiro atoms. The van der Waals surface area contributed by atoms with Crippen LogP contribution in [0.2, 0.25) is 0 Å². The molecule has 0 aliphatic rings. The van der Waals surface area contributed by atoms with Gasteiger partial charge >= 0.3 is 0 Å². The number of hydrogen-bond acceptors (Lipinski definition) is 1. The van der Waals surface area contributed by atoms with Gasteiger partial charge in [0.1, 0.15) is 5.82 Å². The van der Waals surface area contributed by atoms with Crippen LogP contribution in [0.25, 0.3) is 22.3 Å². The highest BCUT2D eigenvalue weighted by molar-refractivity contribution is 5.84. The molecule has 0 aliphatic carbocycles. The normalized spacial score (nSPS) is 11.0. The van der Waals surface area contributed by atoms with Gasteiger partial charge in [-0.2, -0.15) is 0 Å². The van der Waals surface area contributed by atoms with Crippen molar-refractivity contribution in [2.45, 2.75) is 0 Å². The Hall–Kier alpha value is -3.39. The Labute approximate surface area is 153 Å². The van der Waals surface area contributed by atoms with Crippen LogP contribution in [-0.2, 0) is 0 Å². The first kappa shape index (κ1) is 17.4. The van der Waals surface area contributed by atoms with Crippen LogP contribution in [0.1, 0.15) is 0 Å². The minimum absolute atomic E-state index is 0.318. The molecule has 0 heterocycles. The van der Waals surface area contributed by atoms with Gasteiger partial charge < -0.3 is 5.32 Å². The zero-order valence-corrected chi connectivity index (χ0v) is 14.5. The first-order valence-corrected chi connectivity index (χ1v) is 8.39. The fourth-order valence-corrected chi connectivity index (χ4v) is 2.81. The van der Waals surface area contributed by atoms with E-state index in [4.69, 9.17) is 0 Å². The van der Waals surface area contributed by atoms with Gasteiger partial charge in [0.25, 0.3) is 0 Å². The molecule has 1 N–H and O–H groups in total. The topological polar surface area (TPSA) is 12.0 Å². The molecule has 3 aromatic rings. The van der Waals surface area contributed by atoms with Crippen molar-refractivity contribution in [1.82, 2.24) is 0 Å². The summed E-state index contributed by atoms with van der Waals surface area (Å²) < 4.78 is 15.1. The number of halogens is 1. The van der Waals surface area contributed by atoms with E-state index in [9.17, 15) is 0 Å². The zero-order chi connectivity index (χ0) is 18.4.